The molecule has 2 heteroatoms. The van der Waals surface area contributed by atoms with Gasteiger partial charge in [0.1, 0.15) is 5.75 Å². The van der Waals surface area contributed by atoms with E-state index in [1.54, 1.807) is 6.07 Å². The van der Waals surface area contributed by atoms with E-state index in [1.807, 2.05) is 19.2 Å². The van der Waals surface area contributed by atoms with Gasteiger partial charge in [0, 0.05) is 5.56 Å². The molecule has 0 fully saturated rings. The summed E-state index contributed by atoms with van der Waals surface area (Å²) in [4.78, 5) is 0. The molecule has 0 aliphatic heterocycles. The van der Waals surface area contributed by atoms with Crippen molar-refractivity contribution in [3.63, 3.8) is 0 Å². The monoisotopic (exact) mass is 233 g/mol. The summed E-state index contributed by atoms with van der Waals surface area (Å²) in [5, 5.41) is 12.9. The van der Waals surface area contributed by atoms with Crippen molar-refractivity contribution in [1.29, 1.82) is 0 Å². The zero-order chi connectivity index (χ0) is 12.9. The molecule has 0 radical (unpaired) electrons. The molecule has 94 valence electrons. The molecule has 0 unspecified atom stereocenters. The predicted molar refractivity (Wildman–Crippen MR) is 74.4 cm³/mol. The molecule has 0 saturated heterocycles. The summed E-state index contributed by atoms with van der Waals surface area (Å²) >= 11 is 0. The van der Waals surface area contributed by atoms with Crippen LogP contribution in [0.5, 0.6) is 5.75 Å². The fourth-order valence-corrected chi connectivity index (χ4v) is 1.59. The second-order valence-corrected chi connectivity index (χ2v) is 5.32. The van der Waals surface area contributed by atoms with Crippen molar-refractivity contribution in [1.82, 2.24) is 5.32 Å². The van der Waals surface area contributed by atoms with Crippen LogP contribution in [0.4, 0.5) is 0 Å². The van der Waals surface area contributed by atoms with Crippen molar-refractivity contribution in [2.45, 2.75) is 32.6 Å². The average molecular weight is 233 g/mol. The van der Waals surface area contributed by atoms with Gasteiger partial charge in [-0.25, -0.2) is 0 Å². The van der Waals surface area contributed by atoms with E-state index in [9.17, 15) is 5.11 Å². The molecule has 0 amide bonds. The van der Waals surface area contributed by atoms with E-state index in [2.05, 4.69) is 38.2 Å². The van der Waals surface area contributed by atoms with E-state index in [0.29, 0.717) is 5.75 Å². The molecule has 1 rings (SSSR count). The average Bonchev–Trinajstić information content (AvgIpc) is 2.25. The van der Waals surface area contributed by atoms with Crippen LogP contribution in [0.2, 0.25) is 0 Å². The molecule has 1 aromatic carbocycles. The highest BCUT2D eigenvalue weighted by Crippen LogP contribution is 2.28. The zero-order valence-corrected chi connectivity index (χ0v) is 11.2. The van der Waals surface area contributed by atoms with Crippen LogP contribution in [0.1, 0.15) is 38.3 Å². The largest absolute Gasteiger partial charge is 0.507 e. The first kappa shape index (κ1) is 13.8. The number of hydrogen-bond acceptors (Lipinski definition) is 2. The van der Waals surface area contributed by atoms with Crippen LogP contribution >= 0.6 is 0 Å². The Morgan fingerprint density at radius 1 is 1.29 bits per heavy atom. The van der Waals surface area contributed by atoms with Crippen molar-refractivity contribution in [3.05, 3.63) is 35.4 Å². The molecule has 0 heterocycles. The number of nitrogens with one attached hydrogen (secondary N) is 1. The SMILES string of the molecule is CNCCC=Cc1cc(C(C)(C)C)ccc1O. The quantitative estimate of drug-likeness (QED) is 0.782. The van der Waals surface area contributed by atoms with Gasteiger partial charge in [0.05, 0.1) is 0 Å². The maximum atomic E-state index is 9.79. The summed E-state index contributed by atoms with van der Waals surface area (Å²) in [7, 11) is 1.94. The summed E-state index contributed by atoms with van der Waals surface area (Å²) in [6.45, 7) is 7.48. The normalized spacial score (nSPS) is 12.2. The summed E-state index contributed by atoms with van der Waals surface area (Å²) in [6.07, 6.45) is 5.04. The Morgan fingerprint density at radius 3 is 2.59 bits per heavy atom. The Labute approximate surface area is 104 Å². The fourth-order valence-electron chi connectivity index (χ4n) is 1.59. The first-order valence-corrected chi connectivity index (χ1v) is 6.10. The molecule has 0 atom stereocenters. The minimum Gasteiger partial charge on any atom is -0.507 e. The van der Waals surface area contributed by atoms with Crippen LogP contribution in [-0.2, 0) is 5.41 Å². The highest BCUT2D eigenvalue weighted by molar-refractivity contribution is 5.58. The standard InChI is InChI=1S/C15H23NO/c1-15(2,3)13-8-9-14(17)12(11-13)7-5-6-10-16-4/h5,7-9,11,16-17H,6,10H2,1-4H3. The van der Waals surface area contributed by atoms with Crippen LogP contribution in [-0.4, -0.2) is 18.7 Å². The van der Waals surface area contributed by atoms with Crippen molar-refractivity contribution in [2.24, 2.45) is 0 Å². The third-order valence-electron chi connectivity index (χ3n) is 2.75. The lowest BCUT2D eigenvalue weighted by Crippen LogP contribution is -2.10. The summed E-state index contributed by atoms with van der Waals surface area (Å²) in [5.41, 5.74) is 2.25. The maximum absolute atomic E-state index is 9.79. The molecule has 0 spiro atoms. The van der Waals surface area contributed by atoms with Gasteiger partial charge in [-0.2, -0.15) is 0 Å². The van der Waals surface area contributed by atoms with Gasteiger partial charge in [0.25, 0.3) is 0 Å². The molecule has 2 N–H and O–H groups in total. The lowest BCUT2D eigenvalue weighted by atomic mass is 9.86. The number of aromatic hydroxyl groups is 1. The van der Waals surface area contributed by atoms with Crippen LogP contribution in [0.3, 0.4) is 0 Å². The molecule has 0 aromatic heterocycles. The predicted octanol–water partition coefficient (Wildman–Crippen LogP) is 3.31. The first-order valence-electron chi connectivity index (χ1n) is 6.10. The highest BCUT2D eigenvalue weighted by Gasteiger charge is 2.14. The second-order valence-electron chi connectivity index (χ2n) is 5.32. The van der Waals surface area contributed by atoms with Gasteiger partial charge in [-0.3, -0.25) is 0 Å². The Bertz CT molecular complexity index is 388. The lowest BCUT2D eigenvalue weighted by Gasteiger charge is -2.19. The van der Waals surface area contributed by atoms with Gasteiger partial charge in [-0.15, -0.1) is 0 Å². The Morgan fingerprint density at radius 2 is 2.00 bits per heavy atom. The van der Waals surface area contributed by atoms with Crippen molar-refractivity contribution in [3.8, 4) is 5.75 Å². The first-order chi connectivity index (χ1) is 7.95. The third-order valence-corrected chi connectivity index (χ3v) is 2.75. The molecular formula is C15H23NO. The fraction of sp³-hybridized carbons (Fsp3) is 0.467. The molecule has 0 aliphatic rings. The number of benzene rings is 1. The van der Waals surface area contributed by atoms with Crippen LogP contribution in [0.25, 0.3) is 6.08 Å². The summed E-state index contributed by atoms with van der Waals surface area (Å²) in [6, 6.07) is 5.82. The Kier molecular flexibility index (Phi) is 4.76. The van der Waals surface area contributed by atoms with Crippen molar-refractivity contribution in [2.75, 3.05) is 13.6 Å². The molecule has 2 nitrogen and oxygen atoms in total. The second kappa shape index (κ2) is 5.87. The molecule has 0 bridgehead atoms. The minimum atomic E-state index is 0.112. The lowest BCUT2D eigenvalue weighted by molar-refractivity contribution is 0.472. The van der Waals surface area contributed by atoms with Crippen LogP contribution < -0.4 is 5.32 Å². The van der Waals surface area contributed by atoms with Gasteiger partial charge in [0.2, 0.25) is 0 Å². The number of rotatable bonds is 4. The highest BCUT2D eigenvalue weighted by atomic mass is 16.3. The number of phenols is 1. The molecule has 17 heavy (non-hydrogen) atoms. The van der Waals surface area contributed by atoms with E-state index >= 15 is 0 Å². The third kappa shape index (κ3) is 4.23. The van der Waals surface area contributed by atoms with E-state index < -0.39 is 0 Å². The van der Waals surface area contributed by atoms with E-state index in [4.69, 9.17) is 0 Å². The smallest absolute Gasteiger partial charge is 0.122 e. The van der Waals surface area contributed by atoms with Crippen molar-refractivity contribution < 1.29 is 5.11 Å². The Hall–Kier alpha value is -1.28. The summed E-state index contributed by atoms with van der Waals surface area (Å²) < 4.78 is 0. The van der Waals surface area contributed by atoms with Gasteiger partial charge in [-0.05, 0) is 43.1 Å². The summed E-state index contributed by atoms with van der Waals surface area (Å²) in [5.74, 6) is 0.346. The molecule has 0 saturated carbocycles. The van der Waals surface area contributed by atoms with E-state index in [-0.39, 0.29) is 5.41 Å². The van der Waals surface area contributed by atoms with Crippen molar-refractivity contribution >= 4 is 6.08 Å². The van der Waals surface area contributed by atoms with Crippen LogP contribution in [0.15, 0.2) is 24.3 Å². The van der Waals surface area contributed by atoms with Crippen LogP contribution in [0, 0.1) is 0 Å². The Balaban J connectivity index is 2.87. The maximum Gasteiger partial charge on any atom is 0.122 e. The zero-order valence-electron chi connectivity index (χ0n) is 11.2. The topological polar surface area (TPSA) is 32.3 Å². The van der Waals surface area contributed by atoms with Gasteiger partial charge < -0.3 is 10.4 Å². The van der Waals surface area contributed by atoms with E-state index in [1.165, 1.54) is 5.56 Å². The minimum absolute atomic E-state index is 0.112. The van der Waals surface area contributed by atoms with Gasteiger partial charge >= 0.3 is 0 Å². The molecular weight excluding hydrogens is 210 g/mol. The number of hydrogen-bond donors (Lipinski definition) is 2. The van der Waals surface area contributed by atoms with Gasteiger partial charge in [-0.1, -0.05) is 39.0 Å². The van der Waals surface area contributed by atoms with Gasteiger partial charge in [0.15, 0.2) is 0 Å². The van der Waals surface area contributed by atoms with E-state index in [0.717, 1.165) is 18.5 Å². The number of phenolic OH excluding ortho intramolecular Hbond substituents is 1. The molecule has 1 aromatic rings. The molecule has 0 aliphatic carbocycles.